The Morgan fingerprint density at radius 1 is 0.407 bits per heavy atom. The third-order valence-corrected chi connectivity index (χ3v) is 19.4. The van der Waals surface area contributed by atoms with Gasteiger partial charge in [-0.1, -0.05) is 50.1 Å². The quantitative estimate of drug-likeness (QED) is 0.0257. The van der Waals surface area contributed by atoms with Crippen LogP contribution in [0.1, 0.15) is 183 Å². The lowest BCUT2D eigenvalue weighted by Crippen LogP contribution is -2.24. The second kappa shape index (κ2) is 31.4. The zero-order chi connectivity index (χ0) is 63.2. The van der Waals surface area contributed by atoms with Gasteiger partial charge in [0.2, 0.25) is 0 Å². The van der Waals surface area contributed by atoms with Crippen molar-refractivity contribution in [3.05, 3.63) is 136 Å². The first-order valence-electron chi connectivity index (χ1n) is 28.6. The van der Waals surface area contributed by atoms with E-state index in [9.17, 15) is 38.4 Å². The summed E-state index contributed by atoms with van der Waals surface area (Å²) in [5, 5.41) is 5.28. The molecule has 0 aliphatic carbocycles. The average Bonchev–Trinajstić information content (AvgIpc) is 2.65. The first kappa shape index (κ1) is 69.3. The Labute approximate surface area is 537 Å². The van der Waals surface area contributed by atoms with Crippen LogP contribution >= 0.6 is 77.2 Å². The fourth-order valence-electron chi connectivity index (χ4n) is 9.44. The van der Waals surface area contributed by atoms with Crippen LogP contribution in [0.5, 0.6) is 0 Å². The smallest absolute Gasteiger partial charge is 0.306 e. The van der Waals surface area contributed by atoms with E-state index in [-0.39, 0.29) is 98.4 Å². The maximum atomic E-state index is 12.8. The van der Waals surface area contributed by atoms with Crippen LogP contribution in [0.25, 0.3) is 40.3 Å². The SMILES string of the molecule is COC(=O)CCC(=O)c1cc2c(Br)cc(C)cc2s1.COC(=O)CCC(=O)c1cc2c(CCCc3cc4sc(C(=O)CCC(=O)OC(C)(C)C)cc4cc3C)cc(C)cc2s1.Cc1cc2cc(C(=O)CCC(=O)OC(C)(C)C)sc2cc1CCCBr. The van der Waals surface area contributed by atoms with Crippen molar-refractivity contribution in [3.63, 3.8) is 0 Å². The van der Waals surface area contributed by atoms with Crippen LogP contribution in [0.15, 0.2) is 77.3 Å². The molecule has 86 heavy (non-hydrogen) atoms. The molecule has 0 saturated carbocycles. The zero-order valence-electron chi connectivity index (χ0n) is 51.1. The molecule has 0 aliphatic heterocycles. The second-order valence-corrected chi connectivity index (χ2v) is 29.2. The highest BCUT2D eigenvalue weighted by molar-refractivity contribution is 9.10. The van der Waals surface area contributed by atoms with Gasteiger partial charge in [-0.3, -0.25) is 38.4 Å². The predicted molar refractivity (Wildman–Crippen MR) is 358 cm³/mol. The molecule has 0 aliphatic rings. The minimum absolute atomic E-state index is 0.00622. The van der Waals surface area contributed by atoms with Crippen molar-refractivity contribution in [2.24, 2.45) is 0 Å². The summed E-state index contributed by atoms with van der Waals surface area (Å²) in [6.07, 6.45) is 5.93. The fourth-order valence-corrected chi connectivity index (χ4v) is 15.0. The van der Waals surface area contributed by atoms with Crippen LogP contribution in [0.4, 0.5) is 0 Å². The molecule has 8 rings (SSSR count). The average molecular weight is 1370 g/mol. The largest absolute Gasteiger partial charge is 0.469 e. The molecule has 0 amide bonds. The fraction of sp³-hybridized carbons (Fsp3) is 0.412. The van der Waals surface area contributed by atoms with E-state index in [1.807, 2.05) is 78.8 Å². The number of benzene rings is 4. The maximum absolute atomic E-state index is 12.8. The molecule has 0 bridgehead atoms. The molecule has 0 unspecified atom stereocenters. The number of fused-ring (bicyclic) bond motifs is 4. The predicted octanol–water partition coefficient (Wildman–Crippen LogP) is 18.3. The zero-order valence-corrected chi connectivity index (χ0v) is 57.6. The van der Waals surface area contributed by atoms with Crippen molar-refractivity contribution in [2.45, 2.75) is 164 Å². The van der Waals surface area contributed by atoms with Crippen LogP contribution < -0.4 is 0 Å². The number of hydrogen-bond acceptors (Lipinski definition) is 16. The van der Waals surface area contributed by atoms with Crippen LogP contribution in [0.3, 0.4) is 0 Å². The number of ether oxygens (including phenoxy) is 4. The van der Waals surface area contributed by atoms with Crippen LogP contribution in [0.2, 0.25) is 0 Å². The van der Waals surface area contributed by atoms with Crippen molar-refractivity contribution >= 4 is 165 Å². The number of hydrogen-bond donors (Lipinski definition) is 0. The molecule has 8 aromatic rings. The van der Waals surface area contributed by atoms with Crippen LogP contribution in [0, 0.1) is 27.7 Å². The highest BCUT2D eigenvalue weighted by atomic mass is 79.9. The van der Waals surface area contributed by atoms with Gasteiger partial charge in [0.25, 0.3) is 0 Å². The Morgan fingerprint density at radius 2 is 0.767 bits per heavy atom. The van der Waals surface area contributed by atoms with Gasteiger partial charge in [-0.05, 0) is 211 Å². The number of rotatable bonds is 23. The highest BCUT2D eigenvalue weighted by Gasteiger charge is 2.22. The van der Waals surface area contributed by atoms with Crippen LogP contribution in [-0.2, 0) is 57.4 Å². The molecular weight excluding hydrogens is 1300 g/mol. The Bertz CT molecular complexity index is 3810. The number of carbonyl (C=O) groups excluding carboxylic acids is 8. The van der Waals surface area contributed by atoms with Crippen molar-refractivity contribution in [2.75, 3.05) is 19.5 Å². The summed E-state index contributed by atoms with van der Waals surface area (Å²) in [7, 11) is 2.66. The van der Waals surface area contributed by atoms with E-state index in [2.05, 4.69) is 105 Å². The molecule has 18 heteroatoms. The number of carbonyl (C=O) groups is 8. The summed E-state index contributed by atoms with van der Waals surface area (Å²) >= 11 is 12.9. The van der Waals surface area contributed by atoms with E-state index in [0.717, 1.165) is 98.3 Å². The van der Waals surface area contributed by atoms with Crippen LogP contribution in [-0.4, -0.2) is 77.8 Å². The van der Waals surface area contributed by atoms with E-state index < -0.39 is 11.2 Å². The molecule has 12 nitrogen and oxygen atoms in total. The molecule has 0 saturated heterocycles. The molecule has 0 spiro atoms. The molecule has 4 aromatic carbocycles. The number of halogens is 2. The van der Waals surface area contributed by atoms with Gasteiger partial charge in [0.15, 0.2) is 23.1 Å². The van der Waals surface area contributed by atoms with E-state index in [1.165, 1.54) is 87.4 Å². The van der Waals surface area contributed by atoms with Gasteiger partial charge in [0, 0.05) is 59.7 Å². The number of alkyl halides is 1. The van der Waals surface area contributed by atoms with Crippen molar-refractivity contribution in [1.82, 2.24) is 0 Å². The van der Waals surface area contributed by atoms with Crippen molar-refractivity contribution in [3.8, 4) is 0 Å². The summed E-state index contributed by atoms with van der Waals surface area (Å²) in [6, 6.07) is 24.8. The van der Waals surface area contributed by atoms with Gasteiger partial charge < -0.3 is 18.9 Å². The second-order valence-electron chi connectivity index (χ2n) is 23.2. The number of aryl methyl sites for hydroxylation is 7. The third kappa shape index (κ3) is 20.7. The Morgan fingerprint density at radius 3 is 1.19 bits per heavy atom. The highest BCUT2D eigenvalue weighted by Crippen LogP contribution is 2.36. The van der Waals surface area contributed by atoms with Gasteiger partial charge in [-0.25, -0.2) is 0 Å². The summed E-state index contributed by atoms with van der Waals surface area (Å²) in [4.78, 5) is 99.0. The summed E-state index contributed by atoms with van der Waals surface area (Å²) in [5.41, 5.74) is 7.50. The Balaban J connectivity index is 0.000000227. The number of ketones is 4. The monoisotopic (exact) mass is 1370 g/mol. The molecule has 0 N–H and O–H groups in total. The number of esters is 4. The molecule has 0 radical (unpaired) electrons. The minimum atomic E-state index is -0.560. The lowest BCUT2D eigenvalue weighted by Gasteiger charge is -2.19. The molecule has 0 fully saturated rings. The summed E-state index contributed by atoms with van der Waals surface area (Å²) in [5.74, 6) is -1.50. The standard InChI is InChI=1S/C34H38O6S2.C20H25BrO3S.C14H13BrO3S/c1-20-14-23(25-19-31(42-29(25)15-20)27(36)10-12-32(37)39-6)9-7-8-22-17-28-24(16-21(22)2)18-30(41-28)26(35)11-13-33(38)40-34(3,4)5;1-13-10-15-12-18(25-17(15)11-14(13)6-5-9-21)16(22)7-8-19(23)24-20(2,3)4;1-8-5-10(15)9-7-13(19-12(9)6-8)11(16)3-4-14(17)18-2/h14-19H,7-13H2,1-6H3;10-12H,5-9H2,1-4H3;5-7H,3-4H2,1-2H3. The third-order valence-electron chi connectivity index (χ3n) is 13.6. The topological polar surface area (TPSA) is 173 Å². The van der Waals surface area contributed by atoms with Gasteiger partial charge in [0.1, 0.15) is 11.2 Å². The van der Waals surface area contributed by atoms with Gasteiger partial charge in [-0.2, -0.15) is 0 Å². The Hall–Kier alpha value is -5.76. The molecular formula is C68H76Br2O12S4. The summed E-state index contributed by atoms with van der Waals surface area (Å²) < 4.78 is 25.2. The van der Waals surface area contributed by atoms with E-state index in [0.29, 0.717) is 14.6 Å². The van der Waals surface area contributed by atoms with E-state index >= 15 is 0 Å². The van der Waals surface area contributed by atoms with Gasteiger partial charge in [0.05, 0.1) is 59.4 Å². The molecule has 0 atom stereocenters. The number of methoxy groups -OCH3 is 2. The lowest BCUT2D eigenvalue weighted by atomic mass is 9.97. The van der Waals surface area contributed by atoms with Crippen molar-refractivity contribution < 1.29 is 57.3 Å². The number of Topliss-reactive ketones (excluding diaryl/α,β-unsaturated/α-hetero) is 4. The summed E-state index contributed by atoms with van der Waals surface area (Å²) in [6.45, 7) is 19.2. The van der Waals surface area contributed by atoms with Gasteiger partial charge >= 0.3 is 23.9 Å². The number of thiophene rings is 4. The normalized spacial score (nSPS) is 11.5. The van der Waals surface area contributed by atoms with Gasteiger partial charge in [-0.15, -0.1) is 45.3 Å². The first-order valence-corrected chi connectivity index (χ1v) is 33.8. The molecule has 4 aromatic heterocycles. The van der Waals surface area contributed by atoms with E-state index in [1.54, 1.807) is 0 Å². The van der Waals surface area contributed by atoms with Crippen molar-refractivity contribution in [1.29, 1.82) is 0 Å². The Kier molecular flexibility index (Phi) is 25.3. The minimum Gasteiger partial charge on any atom is -0.469 e. The molecule has 4 heterocycles. The lowest BCUT2D eigenvalue weighted by molar-refractivity contribution is -0.155. The first-order chi connectivity index (χ1) is 40.5. The van der Waals surface area contributed by atoms with E-state index in [4.69, 9.17) is 9.47 Å². The molecule has 458 valence electrons. The maximum Gasteiger partial charge on any atom is 0.306 e.